The number of aliphatic carboxylic acids is 1. The molecule has 1 saturated heterocycles. The van der Waals surface area contributed by atoms with Gasteiger partial charge in [0.2, 0.25) is 5.43 Å². The molecule has 0 aliphatic carbocycles. The van der Waals surface area contributed by atoms with Gasteiger partial charge in [-0.15, -0.1) is 0 Å². The Balaban J connectivity index is 2.12. The number of likely N-dealkylation sites (tertiary alicyclic amines) is 1. The molecular formula is C15H22N2O4. The van der Waals surface area contributed by atoms with Crippen LogP contribution in [-0.4, -0.2) is 38.7 Å². The number of hydrogen-bond donors (Lipinski definition) is 2. The Labute approximate surface area is 123 Å². The van der Waals surface area contributed by atoms with Gasteiger partial charge in [-0.1, -0.05) is 0 Å². The maximum atomic E-state index is 11.6. The van der Waals surface area contributed by atoms with Crippen molar-refractivity contribution in [2.45, 2.75) is 39.3 Å². The lowest BCUT2D eigenvalue weighted by Crippen LogP contribution is -2.36. The zero-order chi connectivity index (χ0) is 15.6. The molecule has 6 nitrogen and oxygen atoms in total. The molecule has 1 aliphatic rings. The van der Waals surface area contributed by atoms with Crippen LogP contribution in [0.25, 0.3) is 0 Å². The fraction of sp³-hybridized carbons (Fsp3) is 0.600. The van der Waals surface area contributed by atoms with E-state index in [-0.39, 0.29) is 23.1 Å². The molecule has 2 N–H and O–H groups in total. The third kappa shape index (κ3) is 3.64. The number of pyridine rings is 1. The Morgan fingerprint density at radius 1 is 1.38 bits per heavy atom. The first-order chi connectivity index (χ1) is 9.88. The summed E-state index contributed by atoms with van der Waals surface area (Å²) < 4.78 is 1.89. The molecule has 116 valence electrons. The van der Waals surface area contributed by atoms with E-state index >= 15 is 0 Å². The minimum atomic E-state index is -0.724. The minimum absolute atomic E-state index is 0.142. The van der Waals surface area contributed by atoms with E-state index in [2.05, 4.69) is 4.90 Å². The van der Waals surface area contributed by atoms with Gasteiger partial charge in [0.05, 0.1) is 12.1 Å². The lowest BCUT2D eigenvalue weighted by atomic mass is 9.97. The Kier molecular flexibility index (Phi) is 4.67. The number of aromatic hydroxyl groups is 1. The van der Waals surface area contributed by atoms with Gasteiger partial charge in [0.1, 0.15) is 0 Å². The Morgan fingerprint density at radius 3 is 2.52 bits per heavy atom. The van der Waals surface area contributed by atoms with Crippen molar-refractivity contribution in [3.63, 3.8) is 0 Å². The number of carboxylic acids is 1. The molecule has 0 unspecified atom stereocenters. The second kappa shape index (κ2) is 6.30. The first-order valence-corrected chi connectivity index (χ1v) is 7.27. The normalized spacial score (nSPS) is 17.3. The van der Waals surface area contributed by atoms with Crippen LogP contribution in [0.5, 0.6) is 5.75 Å². The Morgan fingerprint density at radius 2 is 2.00 bits per heavy atom. The van der Waals surface area contributed by atoms with Crippen LogP contribution in [-0.2, 0) is 11.3 Å². The molecule has 1 aromatic heterocycles. The SMILES string of the molecule is CC(C)n1cc(O)c(=O)cc1CN1CCC(C(=O)O)CC1. The molecule has 21 heavy (non-hydrogen) atoms. The van der Waals surface area contributed by atoms with Gasteiger partial charge in [-0.05, 0) is 39.8 Å². The van der Waals surface area contributed by atoms with Crippen LogP contribution in [0.15, 0.2) is 17.1 Å². The molecule has 2 rings (SSSR count). The molecule has 0 atom stereocenters. The standard InChI is InChI=1S/C15H22N2O4/c1-10(2)17-9-14(19)13(18)7-12(17)8-16-5-3-11(4-6-16)15(20)21/h7,9-11,19H,3-6,8H2,1-2H3,(H,20,21). The third-order valence-electron chi connectivity index (χ3n) is 4.02. The Bertz CT molecular complexity index is 572. The van der Waals surface area contributed by atoms with Crippen LogP contribution in [0, 0.1) is 5.92 Å². The number of nitrogens with zero attached hydrogens (tertiary/aromatic N) is 2. The van der Waals surface area contributed by atoms with Crippen molar-refractivity contribution in [1.29, 1.82) is 0 Å². The second-order valence-electron chi connectivity index (χ2n) is 5.90. The number of aromatic nitrogens is 1. The third-order valence-corrected chi connectivity index (χ3v) is 4.02. The summed E-state index contributed by atoms with van der Waals surface area (Å²) in [7, 11) is 0. The lowest BCUT2D eigenvalue weighted by molar-refractivity contribution is -0.143. The number of rotatable bonds is 4. The van der Waals surface area contributed by atoms with Gasteiger partial charge in [0.25, 0.3) is 0 Å². The van der Waals surface area contributed by atoms with Gasteiger partial charge in [0, 0.05) is 24.3 Å². The molecule has 1 aliphatic heterocycles. The molecule has 0 radical (unpaired) electrons. The van der Waals surface area contributed by atoms with Crippen molar-refractivity contribution >= 4 is 5.97 Å². The van der Waals surface area contributed by atoms with E-state index in [0.717, 1.165) is 5.69 Å². The highest BCUT2D eigenvalue weighted by molar-refractivity contribution is 5.70. The van der Waals surface area contributed by atoms with Gasteiger partial charge in [-0.3, -0.25) is 14.5 Å². The summed E-state index contributed by atoms with van der Waals surface area (Å²) in [5, 5.41) is 18.6. The van der Waals surface area contributed by atoms with Crippen molar-refractivity contribution < 1.29 is 15.0 Å². The maximum Gasteiger partial charge on any atom is 0.306 e. The number of piperidine rings is 1. The van der Waals surface area contributed by atoms with Gasteiger partial charge in [-0.2, -0.15) is 0 Å². The molecule has 0 bridgehead atoms. The van der Waals surface area contributed by atoms with Crippen LogP contribution >= 0.6 is 0 Å². The molecule has 1 aromatic rings. The first-order valence-electron chi connectivity index (χ1n) is 7.27. The van der Waals surface area contributed by atoms with E-state index in [1.807, 2.05) is 18.4 Å². The smallest absolute Gasteiger partial charge is 0.306 e. The first kappa shape index (κ1) is 15.6. The number of carbonyl (C=O) groups is 1. The van der Waals surface area contributed by atoms with E-state index in [9.17, 15) is 14.7 Å². The summed E-state index contributed by atoms with van der Waals surface area (Å²) in [5.41, 5.74) is 0.476. The molecule has 0 amide bonds. The van der Waals surface area contributed by atoms with E-state index < -0.39 is 5.97 Å². The van der Waals surface area contributed by atoms with Gasteiger partial charge >= 0.3 is 5.97 Å². The summed E-state index contributed by atoms with van der Waals surface area (Å²) in [6, 6.07) is 1.61. The van der Waals surface area contributed by atoms with E-state index in [4.69, 9.17) is 5.11 Å². The quantitative estimate of drug-likeness (QED) is 0.878. The van der Waals surface area contributed by atoms with Gasteiger partial charge in [0.15, 0.2) is 5.75 Å². The average molecular weight is 294 g/mol. The lowest BCUT2D eigenvalue weighted by Gasteiger charge is -2.31. The largest absolute Gasteiger partial charge is 0.503 e. The highest BCUT2D eigenvalue weighted by Crippen LogP contribution is 2.20. The molecular weight excluding hydrogens is 272 g/mol. The summed E-state index contributed by atoms with van der Waals surface area (Å²) in [6.45, 7) is 6.00. The van der Waals surface area contributed by atoms with Crippen molar-refractivity contribution in [3.8, 4) is 5.75 Å². The fourth-order valence-corrected chi connectivity index (χ4v) is 2.75. The highest BCUT2D eigenvalue weighted by atomic mass is 16.4. The maximum absolute atomic E-state index is 11.6. The number of hydrogen-bond acceptors (Lipinski definition) is 4. The van der Waals surface area contributed by atoms with Gasteiger partial charge in [-0.25, -0.2) is 0 Å². The average Bonchev–Trinajstić information content (AvgIpc) is 2.43. The molecule has 1 fully saturated rings. The van der Waals surface area contributed by atoms with Crippen LogP contribution in [0.1, 0.15) is 38.4 Å². The molecule has 6 heteroatoms. The minimum Gasteiger partial charge on any atom is -0.503 e. The van der Waals surface area contributed by atoms with E-state index in [1.165, 1.54) is 12.3 Å². The predicted molar refractivity (Wildman–Crippen MR) is 78.4 cm³/mol. The summed E-state index contributed by atoms with van der Waals surface area (Å²) in [6.07, 6.45) is 2.75. The van der Waals surface area contributed by atoms with Crippen LogP contribution < -0.4 is 5.43 Å². The number of carboxylic acid groups (broad SMARTS) is 1. The summed E-state index contributed by atoms with van der Waals surface area (Å²) >= 11 is 0. The molecule has 0 aromatic carbocycles. The van der Waals surface area contributed by atoms with Crippen LogP contribution in [0.3, 0.4) is 0 Å². The van der Waals surface area contributed by atoms with E-state index in [1.54, 1.807) is 0 Å². The fourth-order valence-electron chi connectivity index (χ4n) is 2.75. The summed E-state index contributed by atoms with van der Waals surface area (Å²) in [4.78, 5) is 24.7. The topological polar surface area (TPSA) is 82.8 Å². The molecule has 2 heterocycles. The van der Waals surface area contributed by atoms with Crippen molar-refractivity contribution in [3.05, 3.63) is 28.2 Å². The highest BCUT2D eigenvalue weighted by Gasteiger charge is 2.25. The van der Waals surface area contributed by atoms with Crippen molar-refractivity contribution in [2.75, 3.05) is 13.1 Å². The van der Waals surface area contributed by atoms with Gasteiger partial charge < -0.3 is 14.8 Å². The van der Waals surface area contributed by atoms with Crippen molar-refractivity contribution in [1.82, 2.24) is 9.47 Å². The Hall–Kier alpha value is -1.82. The monoisotopic (exact) mass is 294 g/mol. The van der Waals surface area contributed by atoms with Crippen LogP contribution in [0.4, 0.5) is 0 Å². The molecule has 0 saturated carbocycles. The molecule has 0 spiro atoms. The van der Waals surface area contributed by atoms with Crippen molar-refractivity contribution in [2.24, 2.45) is 5.92 Å². The zero-order valence-corrected chi connectivity index (χ0v) is 12.5. The zero-order valence-electron chi connectivity index (χ0n) is 12.5. The summed E-state index contributed by atoms with van der Waals surface area (Å²) in [5.74, 6) is -1.22. The van der Waals surface area contributed by atoms with Crippen LogP contribution in [0.2, 0.25) is 0 Å². The van der Waals surface area contributed by atoms with E-state index in [0.29, 0.717) is 32.5 Å². The second-order valence-corrected chi connectivity index (χ2v) is 5.90. The predicted octanol–water partition coefficient (Wildman–Crippen LogP) is 1.43.